The molecule has 1 amide bonds. The predicted octanol–water partition coefficient (Wildman–Crippen LogP) is 3.39. The van der Waals surface area contributed by atoms with Crippen molar-refractivity contribution in [2.24, 2.45) is 0 Å². The topological polar surface area (TPSA) is 75.4 Å². The Morgan fingerprint density at radius 3 is 2.75 bits per heavy atom. The van der Waals surface area contributed by atoms with Gasteiger partial charge in [0.1, 0.15) is 5.76 Å². The molecule has 0 unspecified atom stereocenters. The van der Waals surface area contributed by atoms with Gasteiger partial charge in [0.15, 0.2) is 0 Å². The van der Waals surface area contributed by atoms with Crippen LogP contribution in [0.5, 0.6) is 0 Å². The van der Waals surface area contributed by atoms with Crippen molar-refractivity contribution in [1.29, 1.82) is 0 Å². The smallest absolute Gasteiger partial charge is 0.257 e. The molecule has 0 spiro atoms. The highest BCUT2D eigenvalue weighted by Crippen LogP contribution is 2.25. The van der Waals surface area contributed by atoms with Crippen LogP contribution in [0.25, 0.3) is 11.3 Å². The lowest BCUT2D eigenvalue weighted by atomic mass is 10.1. The number of hydrogen-bond donors (Lipinski definition) is 0. The molecule has 1 saturated heterocycles. The number of carbonyl (C=O) groups excluding carboxylic acids is 1. The lowest BCUT2D eigenvalue weighted by Gasteiger charge is -2.27. The summed E-state index contributed by atoms with van der Waals surface area (Å²) >= 11 is 0. The first-order valence-electron chi connectivity index (χ1n) is 9.52. The summed E-state index contributed by atoms with van der Waals surface area (Å²) < 4.78 is 5.36. The molecule has 0 bridgehead atoms. The molecule has 0 saturated carbocycles. The van der Waals surface area contributed by atoms with Gasteiger partial charge in [-0.05, 0) is 43.5 Å². The number of anilines is 1. The van der Waals surface area contributed by atoms with Gasteiger partial charge in [-0.1, -0.05) is 0 Å². The van der Waals surface area contributed by atoms with E-state index in [4.69, 9.17) is 9.40 Å². The summed E-state index contributed by atoms with van der Waals surface area (Å²) in [6.45, 7) is 2.27. The molecule has 1 fully saturated rings. The average Bonchev–Trinajstić information content (AvgIpc) is 3.27. The Morgan fingerprint density at radius 2 is 2.04 bits per heavy atom. The van der Waals surface area contributed by atoms with Gasteiger partial charge in [0.05, 0.1) is 24.1 Å². The summed E-state index contributed by atoms with van der Waals surface area (Å²) in [5.74, 6) is 1.24. The Labute approximate surface area is 164 Å². The molecule has 3 aromatic heterocycles. The Kier molecular flexibility index (Phi) is 5.32. The number of furan rings is 1. The highest BCUT2D eigenvalue weighted by atomic mass is 16.3. The van der Waals surface area contributed by atoms with E-state index in [0.29, 0.717) is 23.8 Å². The van der Waals surface area contributed by atoms with Crippen molar-refractivity contribution in [3.05, 3.63) is 60.4 Å². The Hall–Kier alpha value is -3.22. The SMILES string of the molecule is CN(Cc1ccco1)C(=O)c1cnc(N2CCCCC2)nc1-c1cccnc1. The van der Waals surface area contributed by atoms with E-state index in [0.717, 1.165) is 37.3 Å². The maximum absolute atomic E-state index is 13.1. The standard InChI is InChI=1S/C21H23N5O2/c1-25(15-17-8-6-12-28-17)20(27)18-14-23-21(26-10-3-2-4-11-26)24-19(18)16-7-5-9-22-13-16/h5-9,12-14H,2-4,10-11,15H2,1H3. The lowest BCUT2D eigenvalue weighted by Crippen LogP contribution is -2.32. The van der Waals surface area contributed by atoms with Crippen LogP contribution in [-0.2, 0) is 6.54 Å². The van der Waals surface area contributed by atoms with Gasteiger partial charge in [-0.25, -0.2) is 9.97 Å². The average molecular weight is 377 g/mol. The van der Waals surface area contributed by atoms with E-state index in [-0.39, 0.29) is 5.91 Å². The van der Waals surface area contributed by atoms with Gasteiger partial charge in [-0.3, -0.25) is 9.78 Å². The largest absolute Gasteiger partial charge is 0.467 e. The molecule has 1 aliphatic rings. The quantitative estimate of drug-likeness (QED) is 0.678. The molecule has 7 nitrogen and oxygen atoms in total. The lowest BCUT2D eigenvalue weighted by molar-refractivity contribution is 0.0775. The first-order valence-corrected chi connectivity index (χ1v) is 9.52. The monoisotopic (exact) mass is 377 g/mol. The van der Waals surface area contributed by atoms with Gasteiger partial charge in [0.2, 0.25) is 5.95 Å². The van der Waals surface area contributed by atoms with Gasteiger partial charge < -0.3 is 14.2 Å². The summed E-state index contributed by atoms with van der Waals surface area (Å²) in [5.41, 5.74) is 1.88. The zero-order valence-corrected chi connectivity index (χ0v) is 15.9. The van der Waals surface area contributed by atoms with Crippen LogP contribution in [0, 0.1) is 0 Å². The second-order valence-corrected chi connectivity index (χ2v) is 6.96. The summed E-state index contributed by atoms with van der Waals surface area (Å²) in [6.07, 6.45) is 10.2. The minimum Gasteiger partial charge on any atom is -0.467 e. The third-order valence-corrected chi connectivity index (χ3v) is 4.90. The Bertz CT molecular complexity index is 921. The van der Waals surface area contributed by atoms with Crippen molar-refractivity contribution in [3.63, 3.8) is 0 Å². The van der Waals surface area contributed by atoms with Crippen molar-refractivity contribution in [3.8, 4) is 11.3 Å². The van der Waals surface area contributed by atoms with Crippen LogP contribution < -0.4 is 4.90 Å². The first-order chi connectivity index (χ1) is 13.7. The fourth-order valence-corrected chi connectivity index (χ4v) is 3.41. The maximum atomic E-state index is 13.1. The van der Waals surface area contributed by atoms with Crippen molar-refractivity contribution < 1.29 is 9.21 Å². The van der Waals surface area contributed by atoms with Crippen LogP contribution >= 0.6 is 0 Å². The van der Waals surface area contributed by atoms with Crippen LogP contribution in [-0.4, -0.2) is 45.9 Å². The van der Waals surface area contributed by atoms with Gasteiger partial charge in [-0.15, -0.1) is 0 Å². The summed E-state index contributed by atoms with van der Waals surface area (Å²) in [7, 11) is 1.75. The molecule has 0 atom stereocenters. The van der Waals surface area contributed by atoms with Crippen molar-refractivity contribution in [1.82, 2.24) is 19.9 Å². The third kappa shape index (κ3) is 3.88. The highest BCUT2D eigenvalue weighted by Gasteiger charge is 2.22. The zero-order chi connectivity index (χ0) is 19.3. The van der Waals surface area contributed by atoms with E-state index in [1.807, 2.05) is 24.3 Å². The van der Waals surface area contributed by atoms with E-state index in [2.05, 4.69) is 14.9 Å². The van der Waals surface area contributed by atoms with Crippen molar-refractivity contribution in [2.75, 3.05) is 25.0 Å². The minimum atomic E-state index is -0.152. The van der Waals surface area contributed by atoms with E-state index >= 15 is 0 Å². The molecule has 28 heavy (non-hydrogen) atoms. The zero-order valence-electron chi connectivity index (χ0n) is 15.9. The normalized spacial score (nSPS) is 14.1. The number of pyridine rings is 1. The predicted molar refractivity (Wildman–Crippen MR) is 106 cm³/mol. The van der Waals surface area contributed by atoms with Gasteiger partial charge in [0, 0.05) is 44.3 Å². The molecule has 144 valence electrons. The first kappa shape index (κ1) is 18.2. The molecule has 7 heteroatoms. The van der Waals surface area contributed by atoms with Crippen LogP contribution in [0.15, 0.2) is 53.5 Å². The second-order valence-electron chi connectivity index (χ2n) is 6.96. The maximum Gasteiger partial charge on any atom is 0.257 e. The highest BCUT2D eigenvalue weighted by molar-refractivity contribution is 5.99. The molecular formula is C21H23N5O2. The number of piperidine rings is 1. The van der Waals surface area contributed by atoms with Crippen LogP contribution in [0.3, 0.4) is 0 Å². The minimum absolute atomic E-state index is 0.152. The molecule has 0 N–H and O–H groups in total. The van der Waals surface area contributed by atoms with Crippen LogP contribution in [0.1, 0.15) is 35.4 Å². The van der Waals surface area contributed by atoms with Gasteiger partial charge in [0.25, 0.3) is 5.91 Å². The number of amides is 1. The fraction of sp³-hybridized carbons (Fsp3) is 0.333. The van der Waals surface area contributed by atoms with E-state index in [1.54, 1.807) is 36.8 Å². The number of carbonyl (C=O) groups is 1. The van der Waals surface area contributed by atoms with Gasteiger partial charge in [-0.2, -0.15) is 0 Å². The summed E-state index contributed by atoms with van der Waals surface area (Å²) in [5, 5.41) is 0. The molecule has 0 radical (unpaired) electrons. The van der Waals surface area contributed by atoms with Crippen LogP contribution in [0.2, 0.25) is 0 Å². The third-order valence-electron chi connectivity index (χ3n) is 4.90. The molecule has 4 rings (SSSR count). The number of nitrogens with zero attached hydrogens (tertiary/aromatic N) is 5. The molecular weight excluding hydrogens is 354 g/mol. The Morgan fingerprint density at radius 1 is 1.18 bits per heavy atom. The molecule has 0 aliphatic carbocycles. The van der Waals surface area contributed by atoms with Crippen LogP contribution in [0.4, 0.5) is 5.95 Å². The molecule has 4 heterocycles. The van der Waals surface area contributed by atoms with E-state index < -0.39 is 0 Å². The number of rotatable bonds is 5. The Balaban J connectivity index is 1.68. The molecule has 1 aliphatic heterocycles. The molecule has 3 aromatic rings. The summed E-state index contributed by atoms with van der Waals surface area (Å²) in [6, 6.07) is 7.42. The van der Waals surface area contributed by atoms with Crippen molar-refractivity contribution >= 4 is 11.9 Å². The number of aromatic nitrogens is 3. The van der Waals surface area contributed by atoms with Gasteiger partial charge >= 0.3 is 0 Å². The van der Waals surface area contributed by atoms with Crippen molar-refractivity contribution in [2.45, 2.75) is 25.8 Å². The van der Waals surface area contributed by atoms with E-state index in [1.165, 1.54) is 6.42 Å². The second kappa shape index (κ2) is 8.21. The molecule has 0 aromatic carbocycles. The fourth-order valence-electron chi connectivity index (χ4n) is 3.41. The van der Waals surface area contributed by atoms with E-state index in [9.17, 15) is 4.79 Å². The summed E-state index contributed by atoms with van der Waals surface area (Å²) in [4.78, 5) is 30.4. The number of hydrogen-bond acceptors (Lipinski definition) is 6.